The smallest absolute Gasteiger partial charge is 0.255 e. The first-order chi connectivity index (χ1) is 14.2. The van der Waals surface area contributed by atoms with Crippen LogP contribution in [-0.4, -0.2) is 25.5 Å². The molecular weight excluding hydrogens is 362 g/mol. The maximum absolute atomic E-state index is 12.9. The molecule has 144 valence electrons. The lowest BCUT2D eigenvalue weighted by Crippen LogP contribution is -2.15. The van der Waals surface area contributed by atoms with Gasteiger partial charge in [0.15, 0.2) is 0 Å². The molecule has 4 aromatic rings. The van der Waals surface area contributed by atoms with Crippen molar-refractivity contribution in [1.29, 1.82) is 0 Å². The summed E-state index contributed by atoms with van der Waals surface area (Å²) in [5.41, 5.74) is 5.97. The van der Waals surface area contributed by atoms with Gasteiger partial charge >= 0.3 is 0 Å². The summed E-state index contributed by atoms with van der Waals surface area (Å²) in [5, 5.41) is 7.43. The number of aryl methyl sites for hydroxylation is 2. The fourth-order valence-corrected chi connectivity index (χ4v) is 3.97. The number of nitrogens with zero attached hydrogens (tertiary/aromatic N) is 4. The molecule has 1 N–H and O–H groups in total. The summed E-state index contributed by atoms with van der Waals surface area (Å²) in [6.07, 6.45) is 8.14. The molecule has 0 spiro atoms. The van der Waals surface area contributed by atoms with E-state index in [1.54, 1.807) is 10.7 Å². The van der Waals surface area contributed by atoms with Gasteiger partial charge in [-0.3, -0.25) is 4.79 Å². The zero-order valence-electron chi connectivity index (χ0n) is 16.2. The molecule has 6 nitrogen and oxygen atoms in total. The van der Waals surface area contributed by atoms with Crippen LogP contribution in [0.3, 0.4) is 0 Å². The fourth-order valence-electron chi connectivity index (χ4n) is 3.97. The highest BCUT2D eigenvalue weighted by Crippen LogP contribution is 2.28. The Bertz CT molecular complexity index is 1230. The van der Waals surface area contributed by atoms with E-state index in [0.29, 0.717) is 17.2 Å². The molecule has 0 bridgehead atoms. The lowest BCUT2D eigenvalue weighted by Gasteiger charge is -2.19. The van der Waals surface area contributed by atoms with Gasteiger partial charge < -0.3 is 5.32 Å². The van der Waals surface area contributed by atoms with Crippen molar-refractivity contribution in [2.24, 2.45) is 0 Å². The standard InChI is InChI=1S/C23H21N5O/c1-15-25-23-24-13-19(14-28(23)27-15)17-8-4-9-18(12-17)22(29)26-21-11-5-7-16-6-2-3-10-20(16)21/h4-5,7-9,11-14H,2-3,6,10H2,1H3,(H,26,29). The van der Waals surface area contributed by atoms with Crippen molar-refractivity contribution in [2.45, 2.75) is 32.6 Å². The Labute approximate surface area is 168 Å². The number of carbonyl (C=O) groups excluding carboxylic acids is 1. The monoisotopic (exact) mass is 383 g/mol. The lowest BCUT2D eigenvalue weighted by molar-refractivity contribution is 0.102. The number of hydrogen-bond acceptors (Lipinski definition) is 4. The maximum atomic E-state index is 12.9. The molecule has 0 atom stereocenters. The van der Waals surface area contributed by atoms with E-state index in [1.807, 2.05) is 49.5 Å². The van der Waals surface area contributed by atoms with E-state index < -0.39 is 0 Å². The second-order valence-corrected chi connectivity index (χ2v) is 7.43. The molecule has 29 heavy (non-hydrogen) atoms. The van der Waals surface area contributed by atoms with Crippen LogP contribution in [-0.2, 0) is 12.8 Å². The number of hydrogen-bond donors (Lipinski definition) is 1. The predicted molar refractivity (Wildman–Crippen MR) is 112 cm³/mol. The van der Waals surface area contributed by atoms with Gasteiger partial charge in [-0.1, -0.05) is 24.3 Å². The van der Waals surface area contributed by atoms with E-state index in [4.69, 9.17) is 0 Å². The molecule has 1 amide bonds. The van der Waals surface area contributed by atoms with Crippen molar-refractivity contribution >= 4 is 17.4 Å². The highest BCUT2D eigenvalue weighted by molar-refractivity contribution is 6.05. The molecule has 0 saturated heterocycles. The summed E-state index contributed by atoms with van der Waals surface area (Å²) < 4.78 is 1.66. The first kappa shape index (κ1) is 17.6. The third-order valence-corrected chi connectivity index (χ3v) is 5.40. The van der Waals surface area contributed by atoms with E-state index in [2.05, 4.69) is 26.4 Å². The molecule has 6 heteroatoms. The Morgan fingerprint density at radius 3 is 2.86 bits per heavy atom. The molecule has 0 radical (unpaired) electrons. The van der Waals surface area contributed by atoms with E-state index in [1.165, 1.54) is 24.0 Å². The minimum absolute atomic E-state index is 0.100. The van der Waals surface area contributed by atoms with Gasteiger partial charge in [0.05, 0.1) is 0 Å². The van der Waals surface area contributed by atoms with E-state index in [0.717, 1.165) is 29.7 Å². The molecule has 0 fully saturated rings. The molecule has 2 aromatic carbocycles. The first-order valence-corrected chi connectivity index (χ1v) is 9.89. The van der Waals surface area contributed by atoms with Crippen LogP contribution in [0.4, 0.5) is 5.69 Å². The molecular formula is C23H21N5O. The number of rotatable bonds is 3. The Morgan fingerprint density at radius 2 is 1.93 bits per heavy atom. The van der Waals surface area contributed by atoms with Crippen LogP contribution in [0.2, 0.25) is 0 Å². The van der Waals surface area contributed by atoms with Crippen LogP contribution in [0.5, 0.6) is 0 Å². The number of aromatic nitrogens is 4. The highest BCUT2D eigenvalue weighted by atomic mass is 16.1. The Kier molecular flexibility index (Phi) is 4.31. The van der Waals surface area contributed by atoms with Crippen LogP contribution in [0.25, 0.3) is 16.9 Å². The minimum Gasteiger partial charge on any atom is -0.322 e. The van der Waals surface area contributed by atoms with Gasteiger partial charge in [0.2, 0.25) is 0 Å². The number of amides is 1. The third-order valence-electron chi connectivity index (χ3n) is 5.40. The zero-order valence-corrected chi connectivity index (χ0v) is 16.2. The lowest BCUT2D eigenvalue weighted by atomic mass is 9.90. The van der Waals surface area contributed by atoms with Crippen LogP contribution in [0.15, 0.2) is 54.9 Å². The van der Waals surface area contributed by atoms with Crippen molar-refractivity contribution in [2.75, 3.05) is 5.32 Å². The Hall–Kier alpha value is -3.54. The topological polar surface area (TPSA) is 72.2 Å². The average Bonchev–Trinajstić information content (AvgIpc) is 3.13. The molecule has 1 aliphatic carbocycles. The third kappa shape index (κ3) is 3.38. The van der Waals surface area contributed by atoms with Crippen LogP contribution in [0.1, 0.15) is 40.2 Å². The molecule has 5 rings (SSSR count). The van der Waals surface area contributed by atoms with Gasteiger partial charge in [-0.25, -0.2) is 9.50 Å². The minimum atomic E-state index is -0.100. The van der Waals surface area contributed by atoms with E-state index >= 15 is 0 Å². The number of nitrogens with one attached hydrogen (secondary N) is 1. The van der Waals surface area contributed by atoms with Crippen LogP contribution in [0, 0.1) is 6.92 Å². The number of anilines is 1. The quantitative estimate of drug-likeness (QED) is 0.575. The summed E-state index contributed by atoms with van der Waals surface area (Å²) in [5.74, 6) is 1.14. The Balaban J connectivity index is 1.44. The van der Waals surface area contributed by atoms with Crippen LogP contribution < -0.4 is 5.32 Å². The van der Waals surface area contributed by atoms with E-state index in [-0.39, 0.29) is 5.91 Å². The van der Waals surface area contributed by atoms with Gasteiger partial charge in [-0.15, -0.1) is 0 Å². The summed E-state index contributed by atoms with van der Waals surface area (Å²) >= 11 is 0. The van der Waals surface area contributed by atoms with Gasteiger partial charge in [0, 0.05) is 29.2 Å². The summed E-state index contributed by atoms with van der Waals surface area (Å²) in [6, 6.07) is 13.8. The summed E-state index contributed by atoms with van der Waals surface area (Å²) in [7, 11) is 0. The Morgan fingerprint density at radius 1 is 1.07 bits per heavy atom. The summed E-state index contributed by atoms with van der Waals surface area (Å²) in [4.78, 5) is 21.6. The molecule has 1 aliphatic rings. The highest BCUT2D eigenvalue weighted by Gasteiger charge is 2.15. The van der Waals surface area contributed by atoms with Crippen LogP contribution >= 0.6 is 0 Å². The molecule has 0 aliphatic heterocycles. The van der Waals surface area contributed by atoms with Gasteiger partial charge in [0.1, 0.15) is 5.82 Å². The maximum Gasteiger partial charge on any atom is 0.255 e. The number of fused-ring (bicyclic) bond motifs is 2. The van der Waals surface area contributed by atoms with Gasteiger partial charge in [-0.2, -0.15) is 10.1 Å². The van der Waals surface area contributed by atoms with Crippen molar-refractivity contribution in [3.05, 3.63) is 77.4 Å². The van der Waals surface area contributed by atoms with Crippen molar-refractivity contribution in [1.82, 2.24) is 19.6 Å². The van der Waals surface area contributed by atoms with Crippen molar-refractivity contribution in [3.63, 3.8) is 0 Å². The predicted octanol–water partition coefficient (Wildman–Crippen LogP) is 4.23. The van der Waals surface area contributed by atoms with Crippen molar-refractivity contribution in [3.8, 4) is 11.1 Å². The molecule has 2 aromatic heterocycles. The molecule has 0 saturated carbocycles. The second-order valence-electron chi connectivity index (χ2n) is 7.43. The summed E-state index contributed by atoms with van der Waals surface area (Å²) in [6.45, 7) is 1.83. The zero-order chi connectivity index (χ0) is 19.8. The second kappa shape index (κ2) is 7.13. The first-order valence-electron chi connectivity index (χ1n) is 9.89. The normalized spacial score (nSPS) is 13.3. The largest absolute Gasteiger partial charge is 0.322 e. The SMILES string of the molecule is Cc1nc2ncc(-c3cccc(C(=O)Nc4cccc5c4CCCC5)c3)cn2n1. The molecule has 2 heterocycles. The van der Waals surface area contributed by atoms with E-state index in [9.17, 15) is 4.79 Å². The van der Waals surface area contributed by atoms with Crippen molar-refractivity contribution < 1.29 is 4.79 Å². The van der Waals surface area contributed by atoms with Gasteiger partial charge in [0.25, 0.3) is 11.7 Å². The number of benzene rings is 2. The number of carbonyl (C=O) groups is 1. The average molecular weight is 383 g/mol. The molecule has 0 unspecified atom stereocenters. The van der Waals surface area contributed by atoms with Gasteiger partial charge in [-0.05, 0) is 67.5 Å². The fraction of sp³-hybridized carbons (Fsp3) is 0.217.